The van der Waals surface area contributed by atoms with Gasteiger partial charge in [0.2, 0.25) is 5.95 Å². The summed E-state index contributed by atoms with van der Waals surface area (Å²) in [5.41, 5.74) is 1.82. The van der Waals surface area contributed by atoms with E-state index in [4.69, 9.17) is 21.1 Å². The highest BCUT2D eigenvalue weighted by Crippen LogP contribution is 2.34. The van der Waals surface area contributed by atoms with Crippen LogP contribution in [0.15, 0.2) is 23.1 Å². The molecular weight excluding hydrogens is 537 g/mol. The Hall–Kier alpha value is -2.63. The summed E-state index contributed by atoms with van der Waals surface area (Å²) < 4.78 is 29.6. The first-order valence-electron chi connectivity index (χ1n) is 13.8. The van der Waals surface area contributed by atoms with Crippen LogP contribution in [0.2, 0.25) is 5.02 Å². The highest BCUT2D eigenvalue weighted by molar-refractivity contribution is 6.33. The van der Waals surface area contributed by atoms with Crippen molar-refractivity contribution in [3.63, 3.8) is 0 Å². The zero-order valence-corrected chi connectivity index (χ0v) is 24.3. The van der Waals surface area contributed by atoms with E-state index in [-0.39, 0.29) is 63.9 Å². The zero-order chi connectivity index (χ0) is 28.7. The van der Waals surface area contributed by atoms with Gasteiger partial charge < -0.3 is 24.5 Å². The number of fused-ring (bicyclic) bond motifs is 1. The molecular formula is C29H37ClFN5O4. The van der Waals surface area contributed by atoms with Crippen LogP contribution < -0.4 is 10.7 Å². The second-order valence-electron chi connectivity index (χ2n) is 11.2. The topological polar surface area (TPSA) is 102 Å². The third-order valence-corrected chi connectivity index (χ3v) is 8.28. The summed E-state index contributed by atoms with van der Waals surface area (Å²) in [6.45, 7) is 12.4. The number of hydrogen-bond donors (Lipinski definition) is 2. The molecule has 2 fully saturated rings. The molecule has 2 aliphatic rings. The molecule has 0 spiro atoms. The molecule has 0 aliphatic carbocycles. The molecule has 0 bridgehead atoms. The summed E-state index contributed by atoms with van der Waals surface area (Å²) in [6.07, 6.45) is 1.28. The van der Waals surface area contributed by atoms with Crippen molar-refractivity contribution < 1.29 is 19.0 Å². The standard InChI is InChI=1S/C29H37ClFN5O4/c1-15(2)36-23(11-35-16(3)12-40-13-17(35)4)18(5)28(38)20-7-6-19(25(31)27(20)36)26-21(30)10-32-29(34-26)33-22-8-9-39-14-24(22)37/h6-7,10,15-17,22,24,37H,8-9,11-14H2,1-5H3,(H,32,33,34)/t16-,17-,22+,24+/m0/s1. The van der Waals surface area contributed by atoms with Crippen LogP contribution >= 0.6 is 11.6 Å². The lowest BCUT2D eigenvalue weighted by atomic mass is 10.0. The number of nitrogens with one attached hydrogen (secondary N) is 1. The van der Waals surface area contributed by atoms with Gasteiger partial charge in [-0.1, -0.05) is 11.6 Å². The Bertz CT molecular complexity index is 1450. The highest BCUT2D eigenvalue weighted by atomic mass is 35.5. The summed E-state index contributed by atoms with van der Waals surface area (Å²) in [5.74, 6) is -0.337. The minimum absolute atomic E-state index is 0.124. The lowest BCUT2D eigenvalue weighted by molar-refractivity contribution is -0.0421. The zero-order valence-electron chi connectivity index (χ0n) is 23.6. The average Bonchev–Trinajstić information content (AvgIpc) is 2.91. The molecule has 2 aromatic heterocycles. The number of anilines is 1. The molecule has 11 heteroatoms. The fourth-order valence-corrected chi connectivity index (χ4v) is 5.97. The van der Waals surface area contributed by atoms with Gasteiger partial charge in [0.25, 0.3) is 0 Å². The van der Waals surface area contributed by atoms with Gasteiger partial charge in [0.05, 0.1) is 54.4 Å². The summed E-state index contributed by atoms with van der Waals surface area (Å²) in [4.78, 5) is 24.7. The normalized spacial score (nSPS) is 24.1. The van der Waals surface area contributed by atoms with Crippen molar-refractivity contribution in [2.45, 2.75) is 77.9 Å². The number of morpholine rings is 1. The highest BCUT2D eigenvalue weighted by Gasteiger charge is 2.30. The number of aliphatic hydroxyl groups excluding tert-OH is 1. The van der Waals surface area contributed by atoms with E-state index in [9.17, 15) is 9.90 Å². The first-order valence-corrected chi connectivity index (χ1v) is 14.2. The molecule has 2 aliphatic heterocycles. The van der Waals surface area contributed by atoms with Gasteiger partial charge in [-0.05, 0) is 53.2 Å². The first kappa shape index (κ1) is 28.9. The van der Waals surface area contributed by atoms with Crippen LogP contribution in [-0.4, -0.2) is 75.2 Å². The Kier molecular flexibility index (Phi) is 8.45. The molecule has 0 saturated carbocycles. The van der Waals surface area contributed by atoms with E-state index in [0.717, 1.165) is 5.69 Å². The van der Waals surface area contributed by atoms with Crippen molar-refractivity contribution >= 4 is 28.5 Å². The van der Waals surface area contributed by atoms with Crippen molar-refractivity contribution in [1.29, 1.82) is 0 Å². The predicted octanol–water partition coefficient (Wildman–Crippen LogP) is 4.31. The maximum absolute atomic E-state index is 16.6. The van der Waals surface area contributed by atoms with Crippen molar-refractivity contribution in [1.82, 2.24) is 19.4 Å². The molecule has 40 heavy (non-hydrogen) atoms. The van der Waals surface area contributed by atoms with Gasteiger partial charge in [-0.2, -0.15) is 0 Å². The van der Waals surface area contributed by atoms with E-state index < -0.39 is 11.9 Å². The molecule has 2 N–H and O–H groups in total. The number of halogens is 2. The van der Waals surface area contributed by atoms with E-state index >= 15 is 4.39 Å². The van der Waals surface area contributed by atoms with Crippen molar-refractivity contribution in [2.75, 3.05) is 31.7 Å². The van der Waals surface area contributed by atoms with Crippen LogP contribution in [0, 0.1) is 12.7 Å². The minimum Gasteiger partial charge on any atom is -0.389 e. The molecule has 9 nitrogen and oxygen atoms in total. The minimum atomic E-state index is -0.715. The molecule has 3 aromatic rings. The Balaban J connectivity index is 1.64. The van der Waals surface area contributed by atoms with Crippen LogP contribution in [0.1, 0.15) is 51.4 Å². The van der Waals surface area contributed by atoms with E-state index in [0.29, 0.717) is 43.7 Å². The van der Waals surface area contributed by atoms with Crippen LogP contribution in [-0.2, 0) is 16.0 Å². The van der Waals surface area contributed by atoms with Crippen LogP contribution in [0.5, 0.6) is 0 Å². The van der Waals surface area contributed by atoms with E-state index in [2.05, 4.69) is 34.0 Å². The lowest BCUT2D eigenvalue weighted by Gasteiger charge is -2.39. The van der Waals surface area contributed by atoms with E-state index in [1.807, 2.05) is 25.3 Å². The monoisotopic (exact) mass is 573 g/mol. The molecule has 4 heterocycles. The molecule has 5 rings (SSSR count). The lowest BCUT2D eigenvalue weighted by Crippen LogP contribution is -2.49. The number of benzene rings is 1. The van der Waals surface area contributed by atoms with Gasteiger partial charge in [0, 0.05) is 53.5 Å². The number of ether oxygens (including phenoxy) is 2. The van der Waals surface area contributed by atoms with Crippen molar-refractivity contribution in [2.24, 2.45) is 0 Å². The molecule has 0 unspecified atom stereocenters. The molecule has 0 amide bonds. The second kappa shape index (κ2) is 11.7. The predicted molar refractivity (Wildman–Crippen MR) is 153 cm³/mol. The number of nitrogens with zero attached hydrogens (tertiary/aromatic N) is 4. The third-order valence-electron chi connectivity index (χ3n) is 8.01. The Morgan fingerprint density at radius 2 is 1.93 bits per heavy atom. The fourth-order valence-electron chi connectivity index (χ4n) is 5.78. The average molecular weight is 574 g/mol. The summed E-state index contributed by atoms with van der Waals surface area (Å²) in [7, 11) is 0. The number of pyridine rings is 1. The van der Waals surface area contributed by atoms with Gasteiger partial charge >= 0.3 is 0 Å². The number of aromatic nitrogens is 3. The SMILES string of the molecule is Cc1c(CN2[C@@H](C)COC[C@@H]2C)n(C(C)C)c2c(F)c(-c3nc(N[C@@H]4CCOC[C@H]4O)ncc3Cl)ccc2c1=O. The van der Waals surface area contributed by atoms with Crippen molar-refractivity contribution in [3.05, 3.63) is 50.7 Å². The van der Waals surface area contributed by atoms with Gasteiger partial charge in [0.1, 0.15) is 0 Å². The molecule has 2 saturated heterocycles. The first-order chi connectivity index (χ1) is 19.1. The quantitative estimate of drug-likeness (QED) is 0.450. The molecule has 0 radical (unpaired) electrons. The Morgan fingerprint density at radius 3 is 2.60 bits per heavy atom. The van der Waals surface area contributed by atoms with Crippen LogP contribution in [0.4, 0.5) is 10.3 Å². The van der Waals surface area contributed by atoms with E-state index in [1.165, 1.54) is 6.20 Å². The molecule has 216 valence electrons. The third kappa shape index (κ3) is 5.35. The van der Waals surface area contributed by atoms with Gasteiger partial charge in [0.15, 0.2) is 11.2 Å². The van der Waals surface area contributed by atoms with Crippen LogP contribution in [0.3, 0.4) is 0 Å². The summed E-state index contributed by atoms with van der Waals surface area (Å²) >= 11 is 6.50. The van der Waals surface area contributed by atoms with Gasteiger partial charge in [-0.3, -0.25) is 9.69 Å². The summed E-state index contributed by atoms with van der Waals surface area (Å²) in [6, 6.07) is 3.10. The molecule has 1 aromatic carbocycles. The summed E-state index contributed by atoms with van der Waals surface area (Å²) in [5, 5.41) is 13.9. The number of rotatable bonds is 6. The number of aliphatic hydroxyl groups is 1. The Labute approximate surface area is 238 Å². The maximum atomic E-state index is 16.6. The van der Waals surface area contributed by atoms with Crippen molar-refractivity contribution in [3.8, 4) is 11.3 Å². The largest absolute Gasteiger partial charge is 0.389 e. The molecule has 4 atom stereocenters. The van der Waals surface area contributed by atoms with E-state index in [1.54, 1.807) is 12.1 Å². The van der Waals surface area contributed by atoms with Gasteiger partial charge in [-0.25, -0.2) is 14.4 Å². The smallest absolute Gasteiger partial charge is 0.223 e. The fraction of sp³-hybridized carbons (Fsp3) is 0.552. The maximum Gasteiger partial charge on any atom is 0.223 e. The van der Waals surface area contributed by atoms with Crippen LogP contribution in [0.25, 0.3) is 22.2 Å². The second-order valence-corrected chi connectivity index (χ2v) is 11.6. The Morgan fingerprint density at radius 1 is 1.20 bits per heavy atom. The number of hydrogen-bond acceptors (Lipinski definition) is 8. The van der Waals surface area contributed by atoms with Gasteiger partial charge in [-0.15, -0.1) is 0 Å².